The predicted octanol–water partition coefficient (Wildman–Crippen LogP) is 6.31. The average molecular weight is 447 g/mol. The minimum atomic E-state index is -1.37. The molecule has 0 saturated heterocycles. The van der Waals surface area contributed by atoms with Gasteiger partial charge in [0.15, 0.2) is 0 Å². The summed E-state index contributed by atoms with van der Waals surface area (Å²) in [5.41, 5.74) is 5.73. The lowest BCUT2D eigenvalue weighted by Crippen LogP contribution is -2.30. The van der Waals surface area contributed by atoms with Crippen LogP contribution in [0.1, 0.15) is 101 Å². The van der Waals surface area contributed by atoms with Crippen LogP contribution in [0.5, 0.6) is 0 Å². The van der Waals surface area contributed by atoms with Crippen molar-refractivity contribution in [2.45, 2.75) is 79.1 Å². The largest absolute Gasteiger partial charge is 0.488 e. The summed E-state index contributed by atoms with van der Waals surface area (Å²) >= 11 is 3.55. The molecule has 28 heavy (non-hydrogen) atoms. The average Bonchev–Trinajstić information content (AvgIpc) is 2.61. The molecule has 2 aromatic rings. The van der Waals surface area contributed by atoms with Crippen molar-refractivity contribution >= 4 is 28.5 Å². The van der Waals surface area contributed by atoms with Gasteiger partial charge in [-0.15, -0.1) is 0 Å². The third-order valence-electron chi connectivity index (χ3n) is 4.91. The highest BCUT2D eigenvalue weighted by molar-refractivity contribution is 9.10. The Hall–Kier alpha value is -1.10. The zero-order valence-corrected chi connectivity index (χ0v) is 20.2. The van der Waals surface area contributed by atoms with E-state index in [4.69, 9.17) is 0 Å². The highest BCUT2D eigenvalue weighted by atomic mass is 79.9. The minimum Gasteiger partial charge on any atom is -0.423 e. The van der Waals surface area contributed by atoms with E-state index in [0.29, 0.717) is 29.1 Å². The first-order valence-corrected chi connectivity index (χ1v) is 11.0. The van der Waals surface area contributed by atoms with E-state index in [1.165, 1.54) is 15.6 Å². The molecule has 0 saturated carbocycles. The van der Waals surface area contributed by atoms with Gasteiger partial charge in [0, 0.05) is 4.47 Å². The van der Waals surface area contributed by atoms with Crippen LogP contribution in [0.15, 0.2) is 40.9 Å². The van der Waals surface area contributed by atoms with Gasteiger partial charge in [-0.25, -0.2) is 0 Å². The van der Waals surface area contributed by atoms with E-state index in [9.17, 15) is 10.0 Å². The van der Waals surface area contributed by atoms with E-state index in [0.717, 1.165) is 11.1 Å². The summed E-state index contributed by atoms with van der Waals surface area (Å²) in [7, 11) is -1.37. The van der Waals surface area contributed by atoms with Gasteiger partial charge in [-0.05, 0) is 63.5 Å². The zero-order chi connectivity index (χ0) is 21.6. The first-order valence-electron chi connectivity index (χ1n) is 10.2. The number of benzene rings is 2. The smallest absolute Gasteiger partial charge is 0.423 e. The zero-order valence-electron chi connectivity index (χ0n) is 18.6. The van der Waals surface area contributed by atoms with Crippen molar-refractivity contribution in [3.05, 3.63) is 63.1 Å². The van der Waals surface area contributed by atoms with Crippen LogP contribution in [0.2, 0.25) is 0 Å². The van der Waals surface area contributed by atoms with Gasteiger partial charge in [0.2, 0.25) is 0 Å². The quantitative estimate of drug-likeness (QED) is 0.528. The third-order valence-corrected chi connectivity index (χ3v) is 5.37. The SMILES string of the molecule is CC(C)c1cc(B(O)O)cc(C(C)C)c1.CC(C)c1cc(Br)cc(C(C)C)c1. The summed E-state index contributed by atoms with van der Waals surface area (Å²) in [6, 6.07) is 12.6. The van der Waals surface area contributed by atoms with E-state index in [1.54, 1.807) is 0 Å². The molecule has 2 N–H and O–H groups in total. The predicted molar refractivity (Wildman–Crippen MR) is 127 cm³/mol. The summed E-state index contributed by atoms with van der Waals surface area (Å²) in [4.78, 5) is 0. The summed E-state index contributed by atoms with van der Waals surface area (Å²) in [5.74, 6) is 2.02. The lowest BCUT2D eigenvalue weighted by molar-refractivity contribution is 0.425. The second-order valence-corrected chi connectivity index (χ2v) is 9.66. The van der Waals surface area contributed by atoms with Crippen LogP contribution in [0, 0.1) is 0 Å². The molecule has 2 aromatic carbocycles. The maximum Gasteiger partial charge on any atom is 0.488 e. The molecule has 0 bridgehead atoms. The van der Waals surface area contributed by atoms with Gasteiger partial charge in [-0.2, -0.15) is 0 Å². The van der Waals surface area contributed by atoms with Gasteiger partial charge >= 0.3 is 7.12 Å². The molecule has 0 spiro atoms. The maximum atomic E-state index is 9.19. The molecule has 4 heteroatoms. The van der Waals surface area contributed by atoms with Crippen molar-refractivity contribution in [3.8, 4) is 0 Å². The van der Waals surface area contributed by atoms with E-state index >= 15 is 0 Å². The Kier molecular flexibility index (Phi) is 9.96. The molecule has 0 aliphatic carbocycles. The van der Waals surface area contributed by atoms with Gasteiger partial charge < -0.3 is 10.0 Å². The number of hydrogen-bond acceptors (Lipinski definition) is 2. The molecule has 0 aromatic heterocycles. The fourth-order valence-corrected chi connectivity index (χ4v) is 3.35. The van der Waals surface area contributed by atoms with Crippen molar-refractivity contribution in [3.63, 3.8) is 0 Å². The number of halogens is 1. The lowest BCUT2D eigenvalue weighted by Gasteiger charge is -2.13. The molecule has 0 heterocycles. The Morgan fingerprint density at radius 1 is 0.571 bits per heavy atom. The normalized spacial score (nSPS) is 11.2. The van der Waals surface area contributed by atoms with Gasteiger partial charge in [-0.3, -0.25) is 0 Å². The van der Waals surface area contributed by atoms with Crippen LogP contribution in [0.3, 0.4) is 0 Å². The molecule has 0 fully saturated rings. The molecule has 0 aliphatic rings. The van der Waals surface area contributed by atoms with E-state index in [-0.39, 0.29) is 0 Å². The highest BCUT2D eigenvalue weighted by Crippen LogP contribution is 2.25. The van der Waals surface area contributed by atoms with Crippen LogP contribution in [0.4, 0.5) is 0 Å². The molecule has 0 unspecified atom stereocenters. The lowest BCUT2D eigenvalue weighted by atomic mass is 9.76. The van der Waals surface area contributed by atoms with Gasteiger partial charge in [0.05, 0.1) is 0 Å². The molecular weight excluding hydrogens is 411 g/mol. The molecule has 0 aliphatic heterocycles. The number of rotatable bonds is 5. The highest BCUT2D eigenvalue weighted by Gasteiger charge is 2.15. The van der Waals surface area contributed by atoms with Gasteiger partial charge in [-0.1, -0.05) is 95.6 Å². The summed E-state index contributed by atoms with van der Waals surface area (Å²) < 4.78 is 1.20. The second-order valence-electron chi connectivity index (χ2n) is 8.74. The van der Waals surface area contributed by atoms with Crippen molar-refractivity contribution in [1.82, 2.24) is 0 Å². The van der Waals surface area contributed by atoms with Crippen LogP contribution >= 0.6 is 15.9 Å². The first kappa shape index (κ1) is 24.9. The van der Waals surface area contributed by atoms with E-state index in [1.807, 2.05) is 12.1 Å². The van der Waals surface area contributed by atoms with Crippen LogP contribution in [0.25, 0.3) is 0 Å². The fourth-order valence-electron chi connectivity index (χ4n) is 2.82. The van der Waals surface area contributed by atoms with Crippen molar-refractivity contribution < 1.29 is 10.0 Å². The van der Waals surface area contributed by atoms with Gasteiger partial charge in [0.25, 0.3) is 0 Å². The van der Waals surface area contributed by atoms with Gasteiger partial charge in [0.1, 0.15) is 0 Å². The Balaban J connectivity index is 0.000000283. The van der Waals surface area contributed by atoms with E-state index in [2.05, 4.69) is 95.6 Å². The summed E-state index contributed by atoms with van der Waals surface area (Å²) in [5, 5.41) is 18.4. The molecule has 2 nitrogen and oxygen atoms in total. The molecule has 0 atom stereocenters. The topological polar surface area (TPSA) is 40.5 Å². The van der Waals surface area contributed by atoms with Crippen LogP contribution < -0.4 is 5.46 Å². The first-order chi connectivity index (χ1) is 12.9. The second kappa shape index (κ2) is 11.2. The molecule has 0 amide bonds. The number of hydrogen-bond donors (Lipinski definition) is 2. The Morgan fingerprint density at radius 3 is 1.11 bits per heavy atom. The Morgan fingerprint density at radius 2 is 0.857 bits per heavy atom. The van der Waals surface area contributed by atoms with Crippen LogP contribution in [-0.4, -0.2) is 17.2 Å². The molecular formula is C24H36BBrO2. The summed E-state index contributed by atoms with van der Waals surface area (Å²) in [6.45, 7) is 17.3. The molecule has 0 radical (unpaired) electrons. The van der Waals surface area contributed by atoms with Crippen molar-refractivity contribution in [1.29, 1.82) is 0 Å². The fraction of sp³-hybridized carbons (Fsp3) is 0.500. The maximum absolute atomic E-state index is 9.19. The van der Waals surface area contributed by atoms with E-state index < -0.39 is 7.12 Å². The molecule has 2 rings (SSSR count). The minimum absolute atomic E-state index is 0.404. The third kappa shape index (κ3) is 7.73. The Labute approximate surface area is 180 Å². The monoisotopic (exact) mass is 446 g/mol. The van der Waals surface area contributed by atoms with Crippen molar-refractivity contribution in [2.24, 2.45) is 0 Å². The molecule has 154 valence electrons. The van der Waals surface area contributed by atoms with Crippen molar-refractivity contribution in [2.75, 3.05) is 0 Å². The Bertz CT molecular complexity index is 661. The standard InChI is InChI=1S/C12H19BO2.C12H17Br/c1-8(2)10-5-11(9(3)4)7-12(6-10)13(14)15;1-8(2)10-5-11(9(3)4)7-12(13)6-10/h5-9,14-15H,1-4H3;5-9H,1-4H3. The van der Waals surface area contributed by atoms with Crippen LogP contribution in [-0.2, 0) is 0 Å². The summed E-state index contributed by atoms with van der Waals surface area (Å²) in [6.07, 6.45) is 0.